The van der Waals surface area contributed by atoms with Crippen molar-refractivity contribution < 1.29 is 4.74 Å². The number of benzene rings is 1. The van der Waals surface area contributed by atoms with E-state index in [-0.39, 0.29) is 0 Å². The normalized spacial score (nSPS) is 10.3. The van der Waals surface area contributed by atoms with Crippen LogP contribution in [0.1, 0.15) is 11.1 Å². The molecule has 0 aliphatic carbocycles. The standard InChI is InChI=1S/C14H15BrN2O/c1-18-14-5-3-10(8-12(14)15)2-4-11-9-17-7-6-13(11)16/h3,5-9H,2,4H2,1H3,(H2,16,17). The van der Waals surface area contributed by atoms with Gasteiger partial charge in [-0.05, 0) is 58.1 Å². The fourth-order valence-corrected chi connectivity index (χ4v) is 2.38. The molecule has 2 rings (SSSR count). The van der Waals surface area contributed by atoms with E-state index in [1.165, 1.54) is 5.56 Å². The number of aromatic nitrogens is 1. The first-order valence-electron chi connectivity index (χ1n) is 5.71. The second kappa shape index (κ2) is 5.87. The van der Waals surface area contributed by atoms with Crippen LogP contribution in [0.3, 0.4) is 0 Å². The van der Waals surface area contributed by atoms with Gasteiger partial charge in [0.2, 0.25) is 0 Å². The maximum absolute atomic E-state index is 5.89. The molecule has 4 heteroatoms. The molecule has 0 saturated carbocycles. The molecule has 2 N–H and O–H groups in total. The summed E-state index contributed by atoms with van der Waals surface area (Å²) in [4.78, 5) is 4.09. The van der Waals surface area contributed by atoms with Gasteiger partial charge in [-0.25, -0.2) is 0 Å². The first kappa shape index (κ1) is 12.9. The Kier molecular flexibility index (Phi) is 4.20. The van der Waals surface area contributed by atoms with Crippen molar-refractivity contribution in [1.82, 2.24) is 4.98 Å². The minimum atomic E-state index is 0.803. The van der Waals surface area contributed by atoms with Crippen molar-refractivity contribution in [2.24, 2.45) is 0 Å². The Balaban J connectivity index is 2.07. The lowest BCUT2D eigenvalue weighted by molar-refractivity contribution is 0.412. The lowest BCUT2D eigenvalue weighted by Gasteiger charge is -2.07. The SMILES string of the molecule is COc1ccc(CCc2cnccc2N)cc1Br. The molecule has 1 aromatic heterocycles. The van der Waals surface area contributed by atoms with Crippen LogP contribution in [0.5, 0.6) is 5.75 Å². The predicted octanol–water partition coefficient (Wildman–Crippen LogP) is 3.22. The molecular formula is C14H15BrN2O. The molecule has 0 unspecified atom stereocenters. The highest BCUT2D eigenvalue weighted by Crippen LogP contribution is 2.26. The largest absolute Gasteiger partial charge is 0.496 e. The summed E-state index contributed by atoms with van der Waals surface area (Å²) < 4.78 is 6.18. The lowest BCUT2D eigenvalue weighted by atomic mass is 10.0. The van der Waals surface area contributed by atoms with Gasteiger partial charge in [-0.15, -0.1) is 0 Å². The lowest BCUT2D eigenvalue weighted by Crippen LogP contribution is -1.98. The van der Waals surface area contributed by atoms with Gasteiger partial charge in [0.25, 0.3) is 0 Å². The second-order valence-corrected chi connectivity index (χ2v) is 4.90. The van der Waals surface area contributed by atoms with Crippen LogP contribution >= 0.6 is 15.9 Å². The fourth-order valence-electron chi connectivity index (χ4n) is 1.79. The van der Waals surface area contributed by atoms with Crippen LogP contribution in [-0.4, -0.2) is 12.1 Å². The number of anilines is 1. The molecule has 1 heterocycles. The van der Waals surface area contributed by atoms with E-state index >= 15 is 0 Å². The number of aryl methyl sites for hydroxylation is 2. The number of halogens is 1. The van der Waals surface area contributed by atoms with E-state index in [1.54, 1.807) is 13.3 Å². The predicted molar refractivity (Wildman–Crippen MR) is 76.8 cm³/mol. The Morgan fingerprint density at radius 1 is 1.28 bits per heavy atom. The topological polar surface area (TPSA) is 48.1 Å². The molecule has 0 aliphatic rings. The van der Waals surface area contributed by atoms with E-state index in [1.807, 2.05) is 18.3 Å². The summed E-state index contributed by atoms with van der Waals surface area (Å²) in [7, 11) is 1.66. The Morgan fingerprint density at radius 2 is 2.11 bits per heavy atom. The number of hydrogen-bond donors (Lipinski definition) is 1. The van der Waals surface area contributed by atoms with Crippen molar-refractivity contribution in [3.8, 4) is 5.75 Å². The first-order valence-corrected chi connectivity index (χ1v) is 6.51. The molecular weight excluding hydrogens is 292 g/mol. The molecule has 0 bridgehead atoms. The van der Waals surface area contributed by atoms with Crippen molar-refractivity contribution in [3.05, 3.63) is 52.3 Å². The zero-order valence-corrected chi connectivity index (χ0v) is 11.8. The fraction of sp³-hybridized carbons (Fsp3) is 0.214. The van der Waals surface area contributed by atoms with Crippen molar-refractivity contribution in [2.75, 3.05) is 12.8 Å². The van der Waals surface area contributed by atoms with Gasteiger partial charge in [-0.1, -0.05) is 6.07 Å². The smallest absolute Gasteiger partial charge is 0.133 e. The third-order valence-corrected chi connectivity index (χ3v) is 3.46. The zero-order valence-electron chi connectivity index (χ0n) is 10.2. The highest BCUT2D eigenvalue weighted by atomic mass is 79.9. The van der Waals surface area contributed by atoms with E-state index in [0.29, 0.717) is 0 Å². The van der Waals surface area contributed by atoms with Gasteiger partial charge in [0.1, 0.15) is 5.75 Å². The molecule has 0 spiro atoms. The molecule has 0 saturated heterocycles. The maximum Gasteiger partial charge on any atom is 0.133 e. The maximum atomic E-state index is 5.89. The average Bonchev–Trinajstić information content (AvgIpc) is 2.38. The van der Waals surface area contributed by atoms with Gasteiger partial charge in [-0.3, -0.25) is 4.98 Å². The van der Waals surface area contributed by atoms with Crippen LogP contribution in [0.25, 0.3) is 0 Å². The minimum Gasteiger partial charge on any atom is -0.496 e. The highest BCUT2D eigenvalue weighted by Gasteiger charge is 2.03. The van der Waals surface area contributed by atoms with E-state index < -0.39 is 0 Å². The Morgan fingerprint density at radius 3 is 2.78 bits per heavy atom. The van der Waals surface area contributed by atoms with Crippen LogP contribution in [0.4, 0.5) is 5.69 Å². The van der Waals surface area contributed by atoms with Crippen LogP contribution in [0, 0.1) is 0 Å². The average molecular weight is 307 g/mol. The third kappa shape index (κ3) is 3.01. The van der Waals surface area contributed by atoms with Gasteiger partial charge < -0.3 is 10.5 Å². The molecule has 0 aliphatic heterocycles. The summed E-state index contributed by atoms with van der Waals surface area (Å²) in [6.07, 6.45) is 5.35. The molecule has 94 valence electrons. The summed E-state index contributed by atoms with van der Waals surface area (Å²) in [5.41, 5.74) is 9.02. The molecule has 2 aromatic rings. The minimum absolute atomic E-state index is 0.803. The number of nitrogens with zero attached hydrogens (tertiary/aromatic N) is 1. The molecule has 18 heavy (non-hydrogen) atoms. The van der Waals surface area contributed by atoms with Gasteiger partial charge in [0, 0.05) is 18.1 Å². The molecule has 0 atom stereocenters. The van der Waals surface area contributed by atoms with Crippen LogP contribution in [0.2, 0.25) is 0 Å². The number of hydrogen-bond acceptors (Lipinski definition) is 3. The molecule has 0 radical (unpaired) electrons. The first-order chi connectivity index (χ1) is 8.70. The van der Waals surface area contributed by atoms with Gasteiger partial charge in [0.05, 0.1) is 11.6 Å². The molecule has 0 amide bonds. The van der Waals surface area contributed by atoms with Crippen LogP contribution in [-0.2, 0) is 12.8 Å². The Labute approximate surface area is 115 Å². The van der Waals surface area contributed by atoms with Crippen molar-refractivity contribution in [1.29, 1.82) is 0 Å². The summed E-state index contributed by atoms with van der Waals surface area (Å²) in [6.45, 7) is 0. The van der Waals surface area contributed by atoms with Crippen molar-refractivity contribution in [3.63, 3.8) is 0 Å². The monoisotopic (exact) mass is 306 g/mol. The number of pyridine rings is 1. The van der Waals surface area contributed by atoms with E-state index in [2.05, 4.69) is 33.0 Å². The quantitative estimate of drug-likeness (QED) is 0.943. The van der Waals surface area contributed by atoms with E-state index in [4.69, 9.17) is 10.5 Å². The van der Waals surface area contributed by atoms with Crippen LogP contribution in [0.15, 0.2) is 41.1 Å². The summed E-state index contributed by atoms with van der Waals surface area (Å²) in [6, 6.07) is 7.94. The molecule has 1 aromatic carbocycles. The second-order valence-electron chi connectivity index (χ2n) is 4.04. The molecule has 3 nitrogen and oxygen atoms in total. The van der Waals surface area contributed by atoms with E-state index in [0.717, 1.165) is 34.3 Å². The van der Waals surface area contributed by atoms with Gasteiger partial charge in [0.15, 0.2) is 0 Å². The Hall–Kier alpha value is -1.55. The summed E-state index contributed by atoms with van der Waals surface area (Å²) in [5, 5.41) is 0. The number of ether oxygens (including phenoxy) is 1. The zero-order chi connectivity index (χ0) is 13.0. The summed E-state index contributed by atoms with van der Waals surface area (Å²) >= 11 is 3.49. The number of nitrogens with two attached hydrogens (primary N) is 1. The molecule has 0 fully saturated rings. The van der Waals surface area contributed by atoms with Crippen molar-refractivity contribution in [2.45, 2.75) is 12.8 Å². The third-order valence-electron chi connectivity index (χ3n) is 2.84. The number of methoxy groups -OCH3 is 1. The number of nitrogen functional groups attached to an aromatic ring is 1. The summed E-state index contributed by atoms with van der Waals surface area (Å²) in [5.74, 6) is 0.847. The highest BCUT2D eigenvalue weighted by molar-refractivity contribution is 9.10. The van der Waals surface area contributed by atoms with Crippen LogP contribution < -0.4 is 10.5 Å². The van der Waals surface area contributed by atoms with Gasteiger partial charge in [-0.2, -0.15) is 0 Å². The van der Waals surface area contributed by atoms with E-state index in [9.17, 15) is 0 Å². The Bertz CT molecular complexity index is 543. The number of rotatable bonds is 4. The van der Waals surface area contributed by atoms with Gasteiger partial charge >= 0.3 is 0 Å². The van der Waals surface area contributed by atoms with Crippen molar-refractivity contribution >= 4 is 21.6 Å².